The highest BCUT2D eigenvalue weighted by atomic mass is 32.1. The van der Waals surface area contributed by atoms with Gasteiger partial charge < -0.3 is 8.83 Å². The van der Waals surface area contributed by atoms with Crippen LogP contribution < -0.4 is 0 Å². The molecule has 4 heterocycles. The number of benzene rings is 8. The minimum absolute atomic E-state index is 0.470. The van der Waals surface area contributed by atoms with Crippen molar-refractivity contribution >= 4 is 64.5 Å². The van der Waals surface area contributed by atoms with Gasteiger partial charge in [0.05, 0.1) is 0 Å². The molecule has 0 aliphatic carbocycles. The molecule has 12 rings (SSSR count). The number of thiophene rings is 1. The Balaban J connectivity index is 1.09. The summed E-state index contributed by atoms with van der Waals surface area (Å²) in [5, 5.41) is 4.67. The van der Waals surface area contributed by atoms with Crippen molar-refractivity contribution in [2.45, 2.75) is 0 Å². The predicted octanol–water partition coefficient (Wildman–Crippen LogP) is 13.7. The number of aromatic nitrogens is 5. The zero-order valence-electron chi connectivity index (χ0n) is 31.2. The maximum Gasteiger partial charge on any atom is 0.227 e. The Morgan fingerprint density at radius 2 is 0.915 bits per heavy atom. The van der Waals surface area contributed by atoms with Gasteiger partial charge in [0.2, 0.25) is 11.8 Å². The molecular weight excluding hydrogens is 747 g/mol. The first kappa shape index (κ1) is 33.3. The zero-order chi connectivity index (χ0) is 38.9. The highest BCUT2D eigenvalue weighted by molar-refractivity contribution is 7.25. The number of hydrogen-bond donors (Lipinski definition) is 0. The van der Waals surface area contributed by atoms with Gasteiger partial charge in [-0.2, -0.15) is 0 Å². The number of para-hydroxylation sites is 4. The summed E-state index contributed by atoms with van der Waals surface area (Å²) in [7, 11) is 0. The molecule has 0 amide bonds. The molecule has 8 aromatic carbocycles. The first-order valence-corrected chi connectivity index (χ1v) is 20.1. The summed E-state index contributed by atoms with van der Waals surface area (Å²) in [4.78, 5) is 25.5. The summed E-state index contributed by atoms with van der Waals surface area (Å²) in [6.07, 6.45) is 0. The smallest absolute Gasteiger partial charge is 0.227 e. The van der Waals surface area contributed by atoms with Gasteiger partial charge in [-0.05, 0) is 88.6 Å². The summed E-state index contributed by atoms with van der Waals surface area (Å²) >= 11 is 1.77. The molecule has 0 spiro atoms. The third-order valence-corrected chi connectivity index (χ3v) is 11.9. The van der Waals surface area contributed by atoms with Crippen LogP contribution in [0.5, 0.6) is 0 Å². The molecule has 7 nitrogen and oxygen atoms in total. The summed E-state index contributed by atoms with van der Waals surface area (Å²) < 4.78 is 15.0. The van der Waals surface area contributed by atoms with E-state index in [-0.39, 0.29) is 0 Å². The fourth-order valence-corrected chi connectivity index (χ4v) is 9.05. The van der Waals surface area contributed by atoms with Gasteiger partial charge in [-0.25, -0.2) is 24.9 Å². The molecule has 276 valence electrons. The van der Waals surface area contributed by atoms with Crippen molar-refractivity contribution in [3.05, 3.63) is 176 Å². The van der Waals surface area contributed by atoms with Gasteiger partial charge >= 0.3 is 0 Å². The van der Waals surface area contributed by atoms with Gasteiger partial charge in [-0.3, -0.25) is 0 Å². The molecule has 0 aliphatic heterocycles. The van der Waals surface area contributed by atoms with E-state index in [1.165, 1.54) is 25.6 Å². The van der Waals surface area contributed by atoms with Crippen LogP contribution in [0.2, 0.25) is 0 Å². The summed E-state index contributed by atoms with van der Waals surface area (Å²) in [6, 6.07) is 59.8. The SMILES string of the molecule is c1cc(-c2ccc3ccccc3c2)cc(-c2nc(-c3cc(-c4nc5ccccc5o4)cc(-c4nc5ccccc5o4)c3)nc(-c3cccc4sc5ccccc5c34)n2)c1. The average molecular weight is 776 g/mol. The third kappa shape index (κ3) is 5.85. The van der Waals surface area contributed by atoms with E-state index in [9.17, 15) is 0 Å². The summed E-state index contributed by atoms with van der Waals surface area (Å²) in [5.41, 5.74) is 9.13. The first-order chi connectivity index (χ1) is 29.2. The molecule has 4 aromatic heterocycles. The Labute approximate surface area is 341 Å². The molecule has 0 atom stereocenters. The lowest BCUT2D eigenvalue weighted by Gasteiger charge is -2.12. The van der Waals surface area contributed by atoms with Crippen molar-refractivity contribution in [1.82, 2.24) is 24.9 Å². The Bertz CT molecular complexity index is 3440. The molecule has 0 saturated heterocycles. The monoisotopic (exact) mass is 775 g/mol. The van der Waals surface area contributed by atoms with Crippen LogP contribution in [0.25, 0.3) is 121 Å². The van der Waals surface area contributed by atoms with Crippen LogP contribution in [-0.4, -0.2) is 24.9 Å². The number of nitrogens with zero attached hydrogens (tertiary/aromatic N) is 5. The fourth-order valence-electron chi connectivity index (χ4n) is 7.92. The highest BCUT2D eigenvalue weighted by Gasteiger charge is 2.21. The molecule has 0 fully saturated rings. The van der Waals surface area contributed by atoms with Crippen molar-refractivity contribution in [3.63, 3.8) is 0 Å². The minimum atomic E-state index is 0.470. The minimum Gasteiger partial charge on any atom is -0.436 e. The highest BCUT2D eigenvalue weighted by Crippen LogP contribution is 2.41. The standard InChI is InChI=1S/C51H29N5O2S/c1-2-12-31-25-33(24-23-30(31)11-1)32-13-9-14-34(26-32)47-54-48(56-49(55-47)39-16-10-22-45-46(39)38-15-3-8-21-44(38)59-45)35-27-36(50-52-40-17-4-6-19-42(40)57-50)29-37(28-35)51-53-41-18-5-7-20-43(41)58-51/h1-29H. The first-order valence-electron chi connectivity index (χ1n) is 19.3. The van der Waals surface area contributed by atoms with Crippen molar-refractivity contribution in [1.29, 1.82) is 0 Å². The largest absolute Gasteiger partial charge is 0.436 e. The van der Waals surface area contributed by atoms with Crippen LogP contribution in [0, 0.1) is 0 Å². The van der Waals surface area contributed by atoms with E-state index >= 15 is 0 Å². The third-order valence-electron chi connectivity index (χ3n) is 10.8. The average Bonchev–Trinajstić information content (AvgIpc) is 4.04. The maximum atomic E-state index is 6.33. The number of hydrogen-bond acceptors (Lipinski definition) is 8. The second-order valence-electron chi connectivity index (χ2n) is 14.5. The lowest BCUT2D eigenvalue weighted by molar-refractivity contribution is 0.617. The van der Waals surface area contributed by atoms with Crippen LogP contribution in [0.15, 0.2) is 185 Å². The van der Waals surface area contributed by atoms with E-state index < -0.39 is 0 Å². The van der Waals surface area contributed by atoms with Gasteiger partial charge in [-0.15, -0.1) is 11.3 Å². The van der Waals surface area contributed by atoms with E-state index in [1.807, 2.05) is 66.7 Å². The van der Waals surface area contributed by atoms with Crippen LogP contribution in [0.1, 0.15) is 0 Å². The second-order valence-corrected chi connectivity index (χ2v) is 15.6. The zero-order valence-corrected chi connectivity index (χ0v) is 32.0. The van der Waals surface area contributed by atoms with Gasteiger partial charge in [0.25, 0.3) is 0 Å². The van der Waals surface area contributed by atoms with Crippen molar-refractivity contribution in [3.8, 4) is 68.2 Å². The topological polar surface area (TPSA) is 90.7 Å². The lowest BCUT2D eigenvalue weighted by Crippen LogP contribution is -2.01. The van der Waals surface area contributed by atoms with E-state index in [0.717, 1.165) is 55.4 Å². The molecule has 0 saturated carbocycles. The molecule has 0 unspecified atom stereocenters. The van der Waals surface area contributed by atoms with Gasteiger partial charge in [-0.1, -0.05) is 109 Å². The van der Waals surface area contributed by atoms with Crippen LogP contribution >= 0.6 is 11.3 Å². The molecule has 59 heavy (non-hydrogen) atoms. The van der Waals surface area contributed by atoms with E-state index in [4.69, 9.17) is 33.8 Å². The Kier molecular flexibility index (Phi) is 7.57. The summed E-state index contributed by atoms with van der Waals surface area (Å²) in [6.45, 7) is 0. The Hall–Kier alpha value is -7.81. The second kappa shape index (κ2) is 13.4. The number of fused-ring (bicyclic) bond motifs is 6. The fraction of sp³-hybridized carbons (Fsp3) is 0. The number of rotatable bonds is 6. The molecule has 12 aromatic rings. The van der Waals surface area contributed by atoms with Crippen LogP contribution in [-0.2, 0) is 0 Å². The Morgan fingerprint density at radius 3 is 1.68 bits per heavy atom. The molecule has 0 radical (unpaired) electrons. The Morgan fingerprint density at radius 1 is 0.356 bits per heavy atom. The molecule has 0 bridgehead atoms. The maximum absolute atomic E-state index is 6.33. The van der Waals surface area contributed by atoms with Gasteiger partial charge in [0.1, 0.15) is 11.0 Å². The number of oxazole rings is 2. The van der Waals surface area contributed by atoms with Crippen molar-refractivity contribution in [2.75, 3.05) is 0 Å². The van der Waals surface area contributed by atoms with Crippen molar-refractivity contribution < 1.29 is 8.83 Å². The normalized spacial score (nSPS) is 11.7. The van der Waals surface area contributed by atoms with E-state index in [0.29, 0.717) is 40.4 Å². The van der Waals surface area contributed by atoms with E-state index in [2.05, 4.69) is 109 Å². The van der Waals surface area contributed by atoms with Gasteiger partial charge in [0, 0.05) is 48.0 Å². The molecule has 8 heteroatoms. The molecular formula is C51H29N5O2S. The molecule has 0 N–H and O–H groups in total. The lowest BCUT2D eigenvalue weighted by atomic mass is 9.99. The van der Waals surface area contributed by atoms with Crippen molar-refractivity contribution in [2.24, 2.45) is 0 Å². The molecule has 0 aliphatic rings. The predicted molar refractivity (Wildman–Crippen MR) is 238 cm³/mol. The van der Waals surface area contributed by atoms with Crippen LogP contribution in [0.4, 0.5) is 0 Å². The quantitative estimate of drug-likeness (QED) is 0.166. The summed E-state index contributed by atoms with van der Waals surface area (Å²) in [5.74, 6) is 2.56. The van der Waals surface area contributed by atoms with Gasteiger partial charge in [0.15, 0.2) is 28.6 Å². The van der Waals surface area contributed by atoms with Crippen LogP contribution in [0.3, 0.4) is 0 Å². The van der Waals surface area contributed by atoms with E-state index in [1.54, 1.807) is 11.3 Å².